The summed E-state index contributed by atoms with van der Waals surface area (Å²) in [4.78, 5) is 0. The minimum Gasteiger partial charge on any atom is -0.310 e. The highest BCUT2D eigenvalue weighted by molar-refractivity contribution is 5.23. The Bertz CT molecular complexity index is 306. The van der Waals surface area contributed by atoms with E-state index in [2.05, 4.69) is 5.32 Å². The van der Waals surface area contributed by atoms with E-state index in [1.54, 1.807) is 12.1 Å². The Kier molecular flexibility index (Phi) is 2.27. The number of hydrogen-bond acceptors (Lipinski definition) is 1. The predicted molar refractivity (Wildman–Crippen MR) is 46.3 cm³/mol. The summed E-state index contributed by atoms with van der Waals surface area (Å²) >= 11 is 0. The average Bonchev–Trinajstić information content (AvgIpc) is 2.62. The van der Waals surface area contributed by atoms with Crippen LogP contribution in [0, 0.1) is 11.6 Å². The van der Waals surface area contributed by atoms with Crippen LogP contribution in [-0.2, 0) is 0 Å². The Labute approximate surface area is 75.8 Å². The Morgan fingerprint density at radius 2 is 2.15 bits per heavy atom. The zero-order valence-corrected chi connectivity index (χ0v) is 7.19. The first-order chi connectivity index (χ1) is 6.29. The molecule has 70 valence electrons. The second-order valence-electron chi connectivity index (χ2n) is 3.29. The SMILES string of the molecule is Fc1cccc([C@@H]2CCCN2)c1F. The summed E-state index contributed by atoms with van der Waals surface area (Å²) in [5, 5.41) is 3.13. The molecule has 13 heavy (non-hydrogen) atoms. The molecule has 1 atom stereocenters. The van der Waals surface area contributed by atoms with Gasteiger partial charge in [0.25, 0.3) is 0 Å². The van der Waals surface area contributed by atoms with Gasteiger partial charge in [0.15, 0.2) is 11.6 Å². The van der Waals surface area contributed by atoms with Crippen molar-refractivity contribution in [2.45, 2.75) is 18.9 Å². The van der Waals surface area contributed by atoms with E-state index in [1.807, 2.05) is 0 Å². The van der Waals surface area contributed by atoms with Crippen molar-refractivity contribution in [2.75, 3.05) is 6.54 Å². The van der Waals surface area contributed by atoms with Crippen molar-refractivity contribution in [3.05, 3.63) is 35.4 Å². The molecule has 0 aliphatic carbocycles. The van der Waals surface area contributed by atoms with Gasteiger partial charge in [-0.25, -0.2) is 8.78 Å². The maximum Gasteiger partial charge on any atom is 0.163 e. The van der Waals surface area contributed by atoms with Crippen LogP contribution in [0.4, 0.5) is 8.78 Å². The van der Waals surface area contributed by atoms with E-state index in [1.165, 1.54) is 0 Å². The van der Waals surface area contributed by atoms with Crippen molar-refractivity contribution >= 4 is 0 Å². The van der Waals surface area contributed by atoms with Crippen molar-refractivity contribution in [1.82, 2.24) is 5.32 Å². The van der Waals surface area contributed by atoms with Crippen molar-refractivity contribution < 1.29 is 8.78 Å². The number of halogens is 2. The van der Waals surface area contributed by atoms with E-state index in [4.69, 9.17) is 0 Å². The molecule has 1 aliphatic heterocycles. The summed E-state index contributed by atoms with van der Waals surface area (Å²) < 4.78 is 26.1. The molecule has 3 heteroatoms. The molecule has 1 nitrogen and oxygen atoms in total. The third-order valence-corrected chi connectivity index (χ3v) is 2.42. The summed E-state index contributed by atoms with van der Waals surface area (Å²) in [6, 6.07) is 4.33. The summed E-state index contributed by atoms with van der Waals surface area (Å²) in [6.45, 7) is 0.890. The number of rotatable bonds is 1. The zero-order chi connectivity index (χ0) is 9.26. The van der Waals surface area contributed by atoms with Gasteiger partial charge in [-0.15, -0.1) is 0 Å². The molecule has 1 aliphatic rings. The Morgan fingerprint density at radius 3 is 2.85 bits per heavy atom. The van der Waals surface area contributed by atoms with Crippen LogP contribution >= 0.6 is 0 Å². The van der Waals surface area contributed by atoms with Crippen LogP contribution in [0.5, 0.6) is 0 Å². The van der Waals surface area contributed by atoms with Gasteiger partial charge in [-0.05, 0) is 25.5 Å². The lowest BCUT2D eigenvalue weighted by atomic mass is 10.0. The van der Waals surface area contributed by atoms with Crippen molar-refractivity contribution in [3.8, 4) is 0 Å². The summed E-state index contributed by atoms with van der Waals surface area (Å²) in [5.41, 5.74) is 0.456. The highest BCUT2D eigenvalue weighted by Gasteiger charge is 2.20. The van der Waals surface area contributed by atoms with E-state index in [0.717, 1.165) is 25.5 Å². The second-order valence-corrected chi connectivity index (χ2v) is 3.29. The van der Waals surface area contributed by atoms with E-state index >= 15 is 0 Å². The van der Waals surface area contributed by atoms with Gasteiger partial charge in [0.2, 0.25) is 0 Å². The van der Waals surface area contributed by atoms with Crippen molar-refractivity contribution in [1.29, 1.82) is 0 Å². The van der Waals surface area contributed by atoms with Crippen LogP contribution in [-0.4, -0.2) is 6.54 Å². The second kappa shape index (κ2) is 3.42. The topological polar surface area (TPSA) is 12.0 Å². The van der Waals surface area contributed by atoms with E-state index in [-0.39, 0.29) is 6.04 Å². The molecule has 1 aromatic rings. The normalized spacial score (nSPS) is 22.2. The summed E-state index contributed by atoms with van der Waals surface area (Å²) in [5.74, 6) is -1.46. The molecule has 0 aromatic heterocycles. The Morgan fingerprint density at radius 1 is 1.31 bits per heavy atom. The molecule has 1 heterocycles. The predicted octanol–water partition coefficient (Wildman–Crippen LogP) is 2.39. The molecule has 0 bridgehead atoms. The van der Waals surface area contributed by atoms with Crippen LogP contribution in [0.15, 0.2) is 18.2 Å². The monoisotopic (exact) mass is 183 g/mol. The third-order valence-electron chi connectivity index (χ3n) is 2.42. The van der Waals surface area contributed by atoms with E-state index in [9.17, 15) is 8.78 Å². The highest BCUT2D eigenvalue weighted by Crippen LogP contribution is 2.26. The lowest BCUT2D eigenvalue weighted by Crippen LogP contribution is -2.14. The maximum absolute atomic E-state index is 13.2. The quantitative estimate of drug-likeness (QED) is 0.704. The summed E-state index contributed by atoms with van der Waals surface area (Å²) in [6.07, 6.45) is 1.92. The van der Waals surface area contributed by atoms with Gasteiger partial charge < -0.3 is 5.32 Å². The molecule has 2 rings (SSSR count). The number of nitrogens with one attached hydrogen (secondary N) is 1. The first-order valence-corrected chi connectivity index (χ1v) is 4.46. The van der Waals surface area contributed by atoms with Crippen LogP contribution < -0.4 is 5.32 Å². The zero-order valence-electron chi connectivity index (χ0n) is 7.19. The molecule has 1 N–H and O–H groups in total. The first kappa shape index (κ1) is 8.63. The largest absolute Gasteiger partial charge is 0.310 e. The average molecular weight is 183 g/mol. The molecule has 0 amide bonds. The molecular formula is C10H11F2N. The fourth-order valence-electron chi connectivity index (χ4n) is 1.74. The van der Waals surface area contributed by atoms with Crippen LogP contribution in [0.25, 0.3) is 0 Å². The van der Waals surface area contributed by atoms with Crippen LogP contribution in [0.2, 0.25) is 0 Å². The molecule has 1 saturated heterocycles. The Balaban J connectivity index is 2.33. The smallest absolute Gasteiger partial charge is 0.163 e. The van der Waals surface area contributed by atoms with Crippen molar-refractivity contribution in [3.63, 3.8) is 0 Å². The summed E-state index contributed by atoms with van der Waals surface area (Å²) in [7, 11) is 0. The molecule has 1 aromatic carbocycles. The minimum atomic E-state index is -0.758. The van der Waals surface area contributed by atoms with E-state index in [0.29, 0.717) is 5.56 Å². The highest BCUT2D eigenvalue weighted by atomic mass is 19.2. The van der Waals surface area contributed by atoms with Crippen molar-refractivity contribution in [2.24, 2.45) is 0 Å². The van der Waals surface area contributed by atoms with E-state index < -0.39 is 11.6 Å². The Hall–Kier alpha value is -0.960. The van der Waals surface area contributed by atoms with Gasteiger partial charge in [0.1, 0.15) is 0 Å². The van der Waals surface area contributed by atoms with Gasteiger partial charge in [-0.3, -0.25) is 0 Å². The third kappa shape index (κ3) is 1.56. The van der Waals surface area contributed by atoms with Gasteiger partial charge >= 0.3 is 0 Å². The van der Waals surface area contributed by atoms with Crippen LogP contribution in [0.1, 0.15) is 24.4 Å². The van der Waals surface area contributed by atoms with Gasteiger partial charge in [0, 0.05) is 11.6 Å². The molecule has 0 saturated carbocycles. The maximum atomic E-state index is 13.2. The van der Waals surface area contributed by atoms with Gasteiger partial charge in [-0.2, -0.15) is 0 Å². The number of benzene rings is 1. The molecule has 0 radical (unpaired) electrons. The van der Waals surface area contributed by atoms with Gasteiger partial charge in [0.05, 0.1) is 0 Å². The molecule has 1 fully saturated rings. The molecular weight excluding hydrogens is 172 g/mol. The molecule has 0 unspecified atom stereocenters. The lowest BCUT2D eigenvalue weighted by molar-refractivity contribution is 0.481. The fraction of sp³-hybridized carbons (Fsp3) is 0.400. The van der Waals surface area contributed by atoms with Gasteiger partial charge in [-0.1, -0.05) is 12.1 Å². The first-order valence-electron chi connectivity index (χ1n) is 4.46. The number of hydrogen-bond donors (Lipinski definition) is 1. The minimum absolute atomic E-state index is 0.00398. The fourth-order valence-corrected chi connectivity index (χ4v) is 1.74. The standard InChI is InChI=1S/C10H11F2N/c11-8-4-1-3-7(10(8)12)9-5-2-6-13-9/h1,3-4,9,13H,2,5-6H2/t9-/m0/s1. The van der Waals surface area contributed by atoms with Crippen LogP contribution in [0.3, 0.4) is 0 Å². The molecule has 0 spiro atoms. The lowest BCUT2D eigenvalue weighted by Gasteiger charge is -2.11.